The summed E-state index contributed by atoms with van der Waals surface area (Å²) in [7, 11) is 0. The van der Waals surface area contributed by atoms with Crippen LogP contribution in [0.4, 0.5) is 4.79 Å². The number of aliphatic hydroxyl groups excluding tert-OH is 1. The molecular weight excluding hydrogens is 570 g/mol. The van der Waals surface area contributed by atoms with Crippen molar-refractivity contribution in [1.82, 2.24) is 4.90 Å². The number of hydrogen-bond donors (Lipinski definition) is 1. The lowest BCUT2D eigenvalue weighted by atomic mass is 9.92. The Kier molecular flexibility index (Phi) is 13.4. The summed E-state index contributed by atoms with van der Waals surface area (Å²) < 4.78 is 21.1. The van der Waals surface area contributed by atoms with Gasteiger partial charge in [0, 0.05) is 25.5 Å². The molecule has 1 N–H and O–H groups in total. The molecule has 3 rings (SSSR count). The van der Waals surface area contributed by atoms with Crippen molar-refractivity contribution in [3.05, 3.63) is 77.4 Å². The number of cyclic esters (lactones) is 1. The Morgan fingerprint density at radius 3 is 2.39 bits per heavy atom. The van der Waals surface area contributed by atoms with Gasteiger partial charge in [0.2, 0.25) is 5.91 Å². The first-order valence-corrected chi connectivity index (χ1v) is 14.5. The third-order valence-electron chi connectivity index (χ3n) is 6.93. The zero-order valence-corrected chi connectivity index (χ0v) is 25.2. The zero-order chi connectivity index (χ0) is 32.1. The van der Waals surface area contributed by atoms with E-state index in [-0.39, 0.29) is 44.2 Å². The summed E-state index contributed by atoms with van der Waals surface area (Å²) in [5.74, 6) is -3.93. The van der Waals surface area contributed by atoms with E-state index in [2.05, 4.69) is 0 Å². The van der Waals surface area contributed by atoms with Gasteiger partial charge in [0.15, 0.2) is 17.7 Å². The second-order valence-electron chi connectivity index (χ2n) is 10.3. The van der Waals surface area contributed by atoms with Gasteiger partial charge in [-0.1, -0.05) is 60.2 Å². The van der Waals surface area contributed by atoms with Gasteiger partial charge in [-0.2, -0.15) is 0 Å². The summed E-state index contributed by atoms with van der Waals surface area (Å²) in [5.41, 5.74) is 2.13. The van der Waals surface area contributed by atoms with Gasteiger partial charge < -0.3 is 24.1 Å². The van der Waals surface area contributed by atoms with Crippen molar-refractivity contribution >= 4 is 35.1 Å². The average Bonchev–Trinajstić information content (AvgIpc) is 3.40. The van der Waals surface area contributed by atoms with E-state index in [4.69, 9.17) is 24.1 Å². The van der Waals surface area contributed by atoms with Gasteiger partial charge in [0.1, 0.15) is 12.6 Å². The monoisotopic (exact) mass is 609 g/mol. The standard InChI is InChI=1S/C33H39NO10/c1-22-9-7-12-26(19-22)27(29(37)13-8-15-41-17-18-42-16-14-35)20-30(38)31(44-24(3)36)23(2)32(39)34-28(21-43-33(34)40)25-10-5-4-6-11-25/h4-7,9-12,19-20,23,28,31,35H,8,13-18,21H2,1-3H3. The van der Waals surface area contributed by atoms with Crippen LogP contribution >= 0.6 is 0 Å². The minimum atomic E-state index is -1.60. The highest BCUT2D eigenvalue weighted by molar-refractivity contribution is 6.25. The van der Waals surface area contributed by atoms with Gasteiger partial charge in [-0.15, -0.1) is 0 Å². The van der Waals surface area contributed by atoms with Gasteiger partial charge in [0.05, 0.1) is 32.3 Å². The van der Waals surface area contributed by atoms with Crippen LogP contribution in [0.3, 0.4) is 0 Å². The molecule has 2 aromatic carbocycles. The fourth-order valence-electron chi connectivity index (χ4n) is 4.74. The van der Waals surface area contributed by atoms with Crippen molar-refractivity contribution in [3.63, 3.8) is 0 Å². The number of carbonyl (C=O) groups excluding carboxylic acids is 5. The molecule has 1 heterocycles. The number of Topliss-reactive ketones (excluding diaryl/α,β-unsaturated/α-hetero) is 1. The minimum absolute atomic E-state index is 0.0568. The first kappa shape index (κ1) is 34.3. The van der Waals surface area contributed by atoms with E-state index in [0.29, 0.717) is 30.8 Å². The predicted octanol–water partition coefficient (Wildman–Crippen LogP) is 3.61. The number of imide groups is 1. The van der Waals surface area contributed by atoms with Gasteiger partial charge in [-0.3, -0.25) is 19.2 Å². The number of amides is 2. The van der Waals surface area contributed by atoms with Crippen LogP contribution in [0.15, 0.2) is 60.7 Å². The Balaban J connectivity index is 1.82. The molecule has 0 radical (unpaired) electrons. The highest BCUT2D eigenvalue weighted by atomic mass is 16.6. The van der Waals surface area contributed by atoms with Crippen molar-refractivity contribution in [2.75, 3.05) is 39.6 Å². The molecule has 11 nitrogen and oxygen atoms in total. The average molecular weight is 610 g/mol. The fraction of sp³-hybridized carbons (Fsp3) is 0.424. The molecule has 3 atom stereocenters. The minimum Gasteiger partial charge on any atom is -0.453 e. The first-order valence-electron chi connectivity index (χ1n) is 14.5. The van der Waals surface area contributed by atoms with Gasteiger partial charge in [-0.05, 0) is 37.5 Å². The summed E-state index contributed by atoms with van der Waals surface area (Å²) >= 11 is 0. The van der Waals surface area contributed by atoms with Gasteiger partial charge >= 0.3 is 12.1 Å². The number of benzene rings is 2. The van der Waals surface area contributed by atoms with E-state index in [0.717, 1.165) is 23.5 Å². The van der Waals surface area contributed by atoms with E-state index < -0.39 is 41.8 Å². The van der Waals surface area contributed by atoms with Crippen molar-refractivity contribution in [3.8, 4) is 0 Å². The third kappa shape index (κ3) is 9.66. The van der Waals surface area contributed by atoms with Crippen molar-refractivity contribution in [2.24, 2.45) is 5.92 Å². The van der Waals surface area contributed by atoms with Gasteiger partial charge in [0.25, 0.3) is 0 Å². The SMILES string of the molecule is CC(=O)OC(C(=O)C=C(C(=O)CCCOCCOCCO)c1cccc(C)c1)C(C)C(=O)N1C(=O)OCC1c1ccccc1. The van der Waals surface area contributed by atoms with Crippen LogP contribution in [0.5, 0.6) is 0 Å². The van der Waals surface area contributed by atoms with Crippen LogP contribution in [-0.2, 0) is 38.1 Å². The van der Waals surface area contributed by atoms with Gasteiger partial charge in [-0.25, -0.2) is 9.69 Å². The smallest absolute Gasteiger partial charge is 0.417 e. The zero-order valence-electron chi connectivity index (χ0n) is 25.2. The third-order valence-corrected chi connectivity index (χ3v) is 6.93. The number of aryl methyl sites for hydroxylation is 1. The second-order valence-corrected chi connectivity index (χ2v) is 10.3. The van der Waals surface area contributed by atoms with E-state index >= 15 is 0 Å². The molecule has 1 aliphatic heterocycles. The number of allylic oxidation sites excluding steroid dienone is 1. The Morgan fingerprint density at radius 2 is 1.73 bits per heavy atom. The lowest BCUT2D eigenvalue weighted by molar-refractivity contribution is -0.158. The lowest BCUT2D eigenvalue weighted by Gasteiger charge is -2.27. The van der Waals surface area contributed by atoms with Crippen molar-refractivity contribution < 1.29 is 48.0 Å². The Morgan fingerprint density at radius 1 is 1.02 bits per heavy atom. The Bertz CT molecular complexity index is 1340. The molecule has 11 heteroatoms. The van der Waals surface area contributed by atoms with Crippen LogP contribution in [0.1, 0.15) is 49.4 Å². The largest absolute Gasteiger partial charge is 0.453 e. The molecule has 2 amide bonds. The quantitative estimate of drug-likeness (QED) is 0.160. The summed E-state index contributed by atoms with van der Waals surface area (Å²) in [6.45, 7) is 5.33. The molecule has 0 bridgehead atoms. The summed E-state index contributed by atoms with van der Waals surface area (Å²) in [6, 6.07) is 15.2. The van der Waals surface area contributed by atoms with Crippen LogP contribution in [0.2, 0.25) is 0 Å². The molecule has 3 unspecified atom stereocenters. The maximum atomic E-state index is 13.7. The molecular formula is C33H39NO10. The first-order chi connectivity index (χ1) is 21.1. The summed E-state index contributed by atoms with van der Waals surface area (Å²) in [4.78, 5) is 66.4. The molecule has 0 aliphatic carbocycles. The van der Waals surface area contributed by atoms with E-state index in [1.807, 2.05) is 13.0 Å². The predicted molar refractivity (Wildman–Crippen MR) is 159 cm³/mol. The maximum Gasteiger partial charge on any atom is 0.417 e. The maximum absolute atomic E-state index is 13.7. The molecule has 1 saturated heterocycles. The number of ether oxygens (including phenoxy) is 4. The highest BCUT2D eigenvalue weighted by Gasteiger charge is 2.44. The van der Waals surface area contributed by atoms with E-state index in [9.17, 15) is 24.0 Å². The molecule has 2 aromatic rings. The van der Waals surface area contributed by atoms with E-state index in [1.165, 1.54) is 6.92 Å². The Labute approximate surface area is 256 Å². The van der Waals surface area contributed by atoms with Crippen molar-refractivity contribution in [2.45, 2.75) is 45.8 Å². The number of hydrogen-bond acceptors (Lipinski definition) is 10. The van der Waals surface area contributed by atoms with Crippen molar-refractivity contribution in [1.29, 1.82) is 0 Å². The molecule has 0 saturated carbocycles. The summed E-state index contributed by atoms with van der Waals surface area (Å²) in [5, 5.41) is 8.75. The van der Waals surface area contributed by atoms with Crippen LogP contribution in [0.25, 0.3) is 5.57 Å². The molecule has 236 valence electrons. The normalized spacial score (nSPS) is 16.3. The molecule has 44 heavy (non-hydrogen) atoms. The number of esters is 1. The molecule has 0 aromatic heterocycles. The van der Waals surface area contributed by atoms with E-state index in [1.54, 1.807) is 48.5 Å². The number of ketones is 2. The number of carbonyl (C=O) groups is 5. The number of aliphatic hydroxyl groups is 1. The summed E-state index contributed by atoms with van der Waals surface area (Å²) in [6.07, 6.45) is -0.918. The number of nitrogens with zero attached hydrogens (tertiary/aromatic N) is 1. The molecule has 0 spiro atoms. The van der Waals surface area contributed by atoms with Crippen LogP contribution in [0, 0.1) is 12.8 Å². The lowest BCUT2D eigenvalue weighted by Crippen LogP contribution is -2.45. The van der Waals surface area contributed by atoms with Crippen LogP contribution < -0.4 is 0 Å². The molecule has 1 fully saturated rings. The highest BCUT2D eigenvalue weighted by Crippen LogP contribution is 2.31. The topological polar surface area (TPSA) is 146 Å². The molecule has 1 aliphatic rings. The van der Waals surface area contributed by atoms with Crippen LogP contribution in [-0.4, -0.2) is 85.3 Å². The second kappa shape index (κ2) is 17.2. The Hall–Kier alpha value is -4.19. The fourth-order valence-corrected chi connectivity index (χ4v) is 4.74. The number of rotatable bonds is 17.